The van der Waals surface area contributed by atoms with Gasteiger partial charge in [0.2, 0.25) is 0 Å². The fourth-order valence-corrected chi connectivity index (χ4v) is 2.18. The van der Waals surface area contributed by atoms with E-state index in [2.05, 4.69) is 20.8 Å². The Morgan fingerprint density at radius 3 is 2.58 bits per heavy atom. The van der Waals surface area contributed by atoms with Crippen LogP contribution in [-0.2, 0) is 4.74 Å². The highest BCUT2D eigenvalue weighted by molar-refractivity contribution is 4.81. The Balaban J connectivity index is 2.40. The van der Waals surface area contributed by atoms with Crippen LogP contribution in [0.3, 0.4) is 0 Å². The van der Waals surface area contributed by atoms with Gasteiger partial charge in [-0.15, -0.1) is 0 Å². The molecule has 1 aliphatic heterocycles. The van der Waals surface area contributed by atoms with Gasteiger partial charge in [0.05, 0.1) is 12.2 Å². The van der Waals surface area contributed by atoms with Gasteiger partial charge >= 0.3 is 0 Å². The van der Waals surface area contributed by atoms with Crippen LogP contribution in [0.4, 0.5) is 0 Å². The van der Waals surface area contributed by atoms with Gasteiger partial charge in [-0.05, 0) is 31.6 Å². The average molecular weight is 172 g/mol. The fraction of sp³-hybridized carbons (Fsp3) is 1.00. The molecule has 2 heteroatoms. The predicted octanol–water partition coefficient (Wildman–Crippen LogP) is 1.82. The highest BCUT2D eigenvalue weighted by Crippen LogP contribution is 2.31. The number of ether oxygens (including phenoxy) is 1. The van der Waals surface area contributed by atoms with E-state index in [0.717, 1.165) is 6.42 Å². The molecule has 1 N–H and O–H groups in total. The van der Waals surface area contributed by atoms with Gasteiger partial charge in [0.1, 0.15) is 0 Å². The number of rotatable bonds is 3. The summed E-state index contributed by atoms with van der Waals surface area (Å²) in [5.74, 6) is 1.15. The number of hydrogen-bond donors (Lipinski definition) is 1. The highest BCUT2D eigenvalue weighted by atomic mass is 16.5. The van der Waals surface area contributed by atoms with Crippen LogP contribution in [0.25, 0.3) is 0 Å². The van der Waals surface area contributed by atoms with Crippen molar-refractivity contribution in [3.05, 3.63) is 0 Å². The predicted molar refractivity (Wildman–Crippen MR) is 49.0 cm³/mol. The lowest BCUT2D eigenvalue weighted by Crippen LogP contribution is -2.23. The molecule has 1 rings (SSSR count). The van der Waals surface area contributed by atoms with Crippen LogP contribution in [-0.4, -0.2) is 23.9 Å². The minimum atomic E-state index is 0.280. The molecule has 4 unspecified atom stereocenters. The van der Waals surface area contributed by atoms with Crippen LogP contribution in [0.2, 0.25) is 0 Å². The number of hydrogen-bond acceptors (Lipinski definition) is 2. The van der Waals surface area contributed by atoms with Crippen molar-refractivity contribution in [1.29, 1.82) is 0 Å². The standard InChI is InChI=1S/C10H20O2/c1-7(4-5-11)10-8(2)6-9(3)12-10/h7-11H,4-6H2,1-3H3. The molecular weight excluding hydrogens is 152 g/mol. The minimum Gasteiger partial charge on any atom is -0.396 e. The second-order valence-corrected chi connectivity index (χ2v) is 4.11. The molecule has 0 aromatic carbocycles. The van der Waals surface area contributed by atoms with Crippen molar-refractivity contribution in [2.45, 2.75) is 45.8 Å². The van der Waals surface area contributed by atoms with Crippen LogP contribution in [0.1, 0.15) is 33.6 Å². The maximum atomic E-state index is 8.79. The van der Waals surface area contributed by atoms with E-state index in [4.69, 9.17) is 9.84 Å². The summed E-state index contributed by atoms with van der Waals surface area (Å²) in [6.45, 7) is 6.81. The Morgan fingerprint density at radius 1 is 1.50 bits per heavy atom. The van der Waals surface area contributed by atoms with Crippen molar-refractivity contribution in [2.24, 2.45) is 11.8 Å². The summed E-state index contributed by atoms with van der Waals surface area (Å²) in [4.78, 5) is 0. The van der Waals surface area contributed by atoms with Gasteiger partial charge < -0.3 is 9.84 Å². The van der Waals surface area contributed by atoms with Crippen molar-refractivity contribution in [3.63, 3.8) is 0 Å². The van der Waals surface area contributed by atoms with Crippen LogP contribution in [0, 0.1) is 11.8 Å². The van der Waals surface area contributed by atoms with Gasteiger partial charge in [-0.2, -0.15) is 0 Å². The van der Waals surface area contributed by atoms with E-state index in [1.54, 1.807) is 0 Å². The quantitative estimate of drug-likeness (QED) is 0.703. The largest absolute Gasteiger partial charge is 0.396 e. The monoisotopic (exact) mass is 172 g/mol. The van der Waals surface area contributed by atoms with E-state index in [0.29, 0.717) is 24.0 Å². The summed E-state index contributed by atoms with van der Waals surface area (Å²) in [5.41, 5.74) is 0. The third kappa shape index (κ3) is 2.20. The first-order chi connectivity index (χ1) is 5.65. The maximum absolute atomic E-state index is 8.79. The van der Waals surface area contributed by atoms with E-state index >= 15 is 0 Å². The Labute approximate surface area is 74.9 Å². The first kappa shape index (κ1) is 10.0. The summed E-state index contributed by atoms with van der Waals surface area (Å²) in [6.07, 6.45) is 2.81. The molecule has 0 aliphatic carbocycles. The molecule has 0 bridgehead atoms. The molecule has 0 aromatic heterocycles. The van der Waals surface area contributed by atoms with E-state index in [1.165, 1.54) is 6.42 Å². The normalized spacial score (nSPS) is 38.5. The fourth-order valence-electron chi connectivity index (χ4n) is 2.18. The first-order valence-corrected chi connectivity index (χ1v) is 4.91. The van der Waals surface area contributed by atoms with Gasteiger partial charge in [0.15, 0.2) is 0 Å². The summed E-state index contributed by atoms with van der Waals surface area (Å²) in [6, 6.07) is 0. The third-order valence-corrected chi connectivity index (χ3v) is 2.80. The number of aliphatic hydroxyl groups is 1. The smallest absolute Gasteiger partial charge is 0.0631 e. The minimum absolute atomic E-state index is 0.280. The van der Waals surface area contributed by atoms with Gasteiger partial charge in [-0.25, -0.2) is 0 Å². The van der Waals surface area contributed by atoms with E-state index in [-0.39, 0.29) is 6.61 Å². The molecule has 0 radical (unpaired) electrons. The highest BCUT2D eigenvalue weighted by Gasteiger charge is 2.32. The second-order valence-electron chi connectivity index (χ2n) is 4.11. The van der Waals surface area contributed by atoms with Gasteiger partial charge in [0, 0.05) is 6.61 Å². The molecule has 0 aromatic rings. The molecule has 0 amide bonds. The van der Waals surface area contributed by atoms with E-state index in [1.807, 2.05) is 0 Å². The van der Waals surface area contributed by atoms with Crippen LogP contribution >= 0.6 is 0 Å². The third-order valence-electron chi connectivity index (χ3n) is 2.80. The average Bonchev–Trinajstić information content (AvgIpc) is 2.30. The summed E-state index contributed by atoms with van der Waals surface area (Å²) in [7, 11) is 0. The van der Waals surface area contributed by atoms with E-state index in [9.17, 15) is 0 Å². The van der Waals surface area contributed by atoms with Gasteiger partial charge in [0.25, 0.3) is 0 Å². The molecule has 0 saturated carbocycles. The molecule has 1 fully saturated rings. The lowest BCUT2D eigenvalue weighted by molar-refractivity contribution is 0.00572. The van der Waals surface area contributed by atoms with Gasteiger partial charge in [-0.3, -0.25) is 0 Å². The molecule has 0 spiro atoms. The second kappa shape index (κ2) is 4.24. The molecule has 2 nitrogen and oxygen atoms in total. The lowest BCUT2D eigenvalue weighted by Gasteiger charge is -2.21. The van der Waals surface area contributed by atoms with Crippen molar-refractivity contribution in [3.8, 4) is 0 Å². The summed E-state index contributed by atoms with van der Waals surface area (Å²) >= 11 is 0. The molecular formula is C10H20O2. The van der Waals surface area contributed by atoms with Crippen molar-refractivity contribution >= 4 is 0 Å². The maximum Gasteiger partial charge on any atom is 0.0631 e. The zero-order valence-corrected chi connectivity index (χ0v) is 8.29. The topological polar surface area (TPSA) is 29.5 Å². The van der Waals surface area contributed by atoms with Crippen molar-refractivity contribution < 1.29 is 9.84 Å². The van der Waals surface area contributed by atoms with Crippen molar-refractivity contribution in [2.75, 3.05) is 6.61 Å². The zero-order valence-electron chi connectivity index (χ0n) is 8.29. The van der Waals surface area contributed by atoms with Crippen LogP contribution < -0.4 is 0 Å². The zero-order chi connectivity index (χ0) is 9.14. The Hall–Kier alpha value is -0.0800. The molecule has 1 heterocycles. The van der Waals surface area contributed by atoms with Gasteiger partial charge in [-0.1, -0.05) is 13.8 Å². The lowest BCUT2D eigenvalue weighted by atomic mass is 9.91. The molecule has 12 heavy (non-hydrogen) atoms. The SMILES string of the molecule is CC1CC(C)C(C(C)CCO)O1. The molecule has 1 aliphatic rings. The molecule has 4 atom stereocenters. The summed E-state index contributed by atoms with van der Waals surface area (Å²) < 4.78 is 5.78. The molecule has 1 saturated heterocycles. The first-order valence-electron chi connectivity index (χ1n) is 4.91. The summed E-state index contributed by atoms with van der Waals surface area (Å²) in [5, 5.41) is 8.79. The van der Waals surface area contributed by atoms with Crippen molar-refractivity contribution in [1.82, 2.24) is 0 Å². The number of aliphatic hydroxyl groups excluding tert-OH is 1. The van der Waals surface area contributed by atoms with Crippen LogP contribution in [0.5, 0.6) is 0 Å². The van der Waals surface area contributed by atoms with E-state index < -0.39 is 0 Å². The van der Waals surface area contributed by atoms with Crippen LogP contribution in [0.15, 0.2) is 0 Å². The molecule has 72 valence electrons. The Kier molecular flexibility index (Phi) is 3.53. The Morgan fingerprint density at radius 2 is 2.17 bits per heavy atom. The Bertz CT molecular complexity index is 136.